The summed E-state index contributed by atoms with van der Waals surface area (Å²) in [6.07, 6.45) is 9.11. The van der Waals surface area contributed by atoms with E-state index < -0.39 is 0 Å². The molecule has 1 saturated carbocycles. The van der Waals surface area contributed by atoms with Crippen LogP contribution in [-0.2, 0) is 9.47 Å². The fraction of sp³-hybridized carbons (Fsp3) is 0.750. The predicted molar refractivity (Wildman–Crippen MR) is 74.5 cm³/mol. The second-order valence-corrected chi connectivity index (χ2v) is 5.81. The molecule has 2 rings (SSSR count). The lowest BCUT2D eigenvalue weighted by molar-refractivity contribution is -0.171. The molecule has 0 atom stereocenters. The largest absolute Gasteiger partial charge is 0.348 e. The first-order valence-electron chi connectivity index (χ1n) is 7.20. The molecule has 0 unspecified atom stereocenters. The molecule has 1 spiro atoms. The van der Waals surface area contributed by atoms with Crippen LogP contribution in [0.4, 0.5) is 0 Å². The Labute approximate surface area is 111 Å². The molecule has 0 aromatic heterocycles. The van der Waals surface area contributed by atoms with E-state index in [0.717, 1.165) is 38.9 Å². The maximum atomic E-state index is 5.77. The van der Waals surface area contributed by atoms with E-state index in [1.807, 2.05) is 0 Å². The molecular formula is C16H26O2. The summed E-state index contributed by atoms with van der Waals surface area (Å²) >= 11 is 0. The van der Waals surface area contributed by atoms with Crippen LogP contribution in [0.3, 0.4) is 0 Å². The van der Waals surface area contributed by atoms with E-state index in [0.29, 0.717) is 0 Å². The Balaban J connectivity index is 1.85. The normalized spacial score (nSPS) is 22.3. The molecule has 1 saturated heterocycles. The quantitative estimate of drug-likeness (QED) is 0.693. The highest BCUT2D eigenvalue weighted by molar-refractivity contribution is 5.16. The van der Waals surface area contributed by atoms with Gasteiger partial charge in [0.2, 0.25) is 0 Å². The molecule has 18 heavy (non-hydrogen) atoms. The summed E-state index contributed by atoms with van der Waals surface area (Å²) in [7, 11) is 0. The topological polar surface area (TPSA) is 18.5 Å². The molecule has 0 bridgehead atoms. The van der Waals surface area contributed by atoms with Crippen LogP contribution in [0.5, 0.6) is 0 Å². The van der Waals surface area contributed by atoms with E-state index in [1.165, 1.54) is 18.4 Å². The Hall–Kier alpha value is -0.600. The lowest BCUT2D eigenvalue weighted by atomic mass is 9.86. The number of allylic oxidation sites excluding steroid dienone is 4. The number of hydrogen-bond donors (Lipinski definition) is 0. The van der Waals surface area contributed by atoms with Gasteiger partial charge in [-0.25, -0.2) is 0 Å². The molecule has 2 heteroatoms. The average Bonchev–Trinajstić information content (AvgIpc) is 2.78. The maximum absolute atomic E-state index is 5.77. The van der Waals surface area contributed by atoms with Crippen molar-refractivity contribution in [1.82, 2.24) is 0 Å². The number of ether oxygens (including phenoxy) is 2. The van der Waals surface area contributed by atoms with E-state index in [1.54, 1.807) is 11.1 Å². The maximum Gasteiger partial charge on any atom is 0.169 e. The van der Waals surface area contributed by atoms with Gasteiger partial charge in [-0.3, -0.25) is 0 Å². The molecule has 0 radical (unpaired) electrons. The first kappa shape index (κ1) is 13.8. The van der Waals surface area contributed by atoms with Gasteiger partial charge in [0, 0.05) is 12.8 Å². The minimum absolute atomic E-state index is 0.219. The van der Waals surface area contributed by atoms with Crippen LogP contribution in [0, 0.1) is 0 Å². The van der Waals surface area contributed by atoms with Gasteiger partial charge >= 0.3 is 0 Å². The van der Waals surface area contributed by atoms with Crippen LogP contribution in [0.1, 0.15) is 59.3 Å². The van der Waals surface area contributed by atoms with Gasteiger partial charge in [0.15, 0.2) is 5.79 Å². The third-order valence-electron chi connectivity index (χ3n) is 4.10. The molecule has 1 aliphatic carbocycles. The van der Waals surface area contributed by atoms with Crippen LogP contribution in [0.25, 0.3) is 0 Å². The molecular weight excluding hydrogens is 224 g/mol. The van der Waals surface area contributed by atoms with Crippen LogP contribution >= 0.6 is 0 Å². The van der Waals surface area contributed by atoms with Gasteiger partial charge < -0.3 is 9.47 Å². The molecule has 1 heterocycles. The van der Waals surface area contributed by atoms with Crippen molar-refractivity contribution < 1.29 is 9.47 Å². The molecule has 1 aliphatic heterocycles. The fourth-order valence-corrected chi connectivity index (χ4v) is 2.90. The van der Waals surface area contributed by atoms with E-state index in [-0.39, 0.29) is 5.79 Å². The van der Waals surface area contributed by atoms with E-state index in [4.69, 9.17) is 9.47 Å². The Morgan fingerprint density at radius 3 is 2.28 bits per heavy atom. The summed E-state index contributed by atoms with van der Waals surface area (Å²) in [6, 6.07) is 0. The van der Waals surface area contributed by atoms with E-state index in [9.17, 15) is 0 Å². The number of rotatable bonds is 3. The van der Waals surface area contributed by atoms with Gasteiger partial charge in [-0.1, -0.05) is 22.8 Å². The van der Waals surface area contributed by atoms with Crippen LogP contribution < -0.4 is 0 Å². The zero-order valence-electron chi connectivity index (χ0n) is 12.1. The Bertz CT molecular complexity index is 330. The standard InChI is InChI=1S/C16H26O2/c1-13(2)5-4-6-14(3)15-7-9-16(10-8-15)17-11-12-18-16/h5H,4,6-12H2,1-3H3. The molecule has 0 aromatic carbocycles. The smallest absolute Gasteiger partial charge is 0.169 e. The summed E-state index contributed by atoms with van der Waals surface area (Å²) in [6.45, 7) is 8.18. The second-order valence-electron chi connectivity index (χ2n) is 5.81. The summed E-state index contributed by atoms with van der Waals surface area (Å²) in [5, 5.41) is 0. The zero-order valence-corrected chi connectivity index (χ0v) is 12.1. The lowest BCUT2D eigenvalue weighted by Crippen LogP contribution is -2.33. The van der Waals surface area contributed by atoms with Crippen molar-refractivity contribution in [2.45, 2.75) is 65.1 Å². The van der Waals surface area contributed by atoms with Crippen molar-refractivity contribution in [3.8, 4) is 0 Å². The summed E-state index contributed by atoms with van der Waals surface area (Å²) < 4.78 is 11.5. The Morgan fingerprint density at radius 1 is 1.11 bits per heavy atom. The third kappa shape index (κ3) is 3.46. The van der Waals surface area contributed by atoms with Crippen molar-refractivity contribution in [2.24, 2.45) is 0 Å². The van der Waals surface area contributed by atoms with Crippen LogP contribution in [0.15, 0.2) is 22.8 Å². The monoisotopic (exact) mass is 250 g/mol. The van der Waals surface area contributed by atoms with Crippen LogP contribution in [0.2, 0.25) is 0 Å². The number of hydrogen-bond acceptors (Lipinski definition) is 2. The molecule has 0 amide bonds. The zero-order chi connectivity index (χ0) is 13.0. The van der Waals surface area contributed by atoms with Gasteiger partial charge in [-0.2, -0.15) is 0 Å². The van der Waals surface area contributed by atoms with E-state index in [2.05, 4.69) is 26.8 Å². The second kappa shape index (κ2) is 6.03. The highest BCUT2D eigenvalue weighted by atomic mass is 16.7. The summed E-state index contributed by atoms with van der Waals surface area (Å²) in [5.74, 6) is -0.219. The highest BCUT2D eigenvalue weighted by Crippen LogP contribution is 2.39. The first-order chi connectivity index (χ1) is 8.61. The van der Waals surface area contributed by atoms with Crippen molar-refractivity contribution in [3.05, 3.63) is 22.8 Å². The fourth-order valence-electron chi connectivity index (χ4n) is 2.90. The van der Waals surface area contributed by atoms with E-state index >= 15 is 0 Å². The van der Waals surface area contributed by atoms with Gasteiger partial charge in [0.25, 0.3) is 0 Å². The molecule has 0 N–H and O–H groups in total. The molecule has 2 aliphatic rings. The predicted octanol–water partition coefficient (Wildman–Crippen LogP) is 4.37. The average molecular weight is 250 g/mol. The minimum Gasteiger partial charge on any atom is -0.348 e. The van der Waals surface area contributed by atoms with Gasteiger partial charge in [-0.15, -0.1) is 0 Å². The lowest BCUT2D eigenvalue weighted by Gasteiger charge is -2.33. The molecule has 0 aromatic rings. The van der Waals surface area contributed by atoms with Crippen molar-refractivity contribution in [2.75, 3.05) is 13.2 Å². The van der Waals surface area contributed by atoms with Crippen molar-refractivity contribution in [3.63, 3.8) is 0 Å². The van der Waals surface area contributed by atoms with Crippen molar-refractivity contribution >= 4 is 0 Å². The SMILES string of the molecule is CC(C)=CCCC(C)=C1CCC2(CC1)OCCO2. The van der Waals surface area contributed by atoms with Gasteiger partial charge in [-0.05, 0) is 46.5 Å². The van der Waals surface area contributed by atoms with Gasteiger partial charge in [0.1, 0.15) is 0 Å². The van der Waals surface area contributed by atoms with Crippen LogP contribution in [-0.4, -0.2) is 19.0 Å². The van der Waals surface area contributed by atoms with Crippen molar-refractivity contribution in [1.29, 1.82) is 0 Å². The molecule has 2 nitrogen and oxygen atoms in total. The summed E-state index contributed by atoms with van der Waals surface area (Å²) in [4.78, 5) is 0. The third-order valence-corrected chi connectivity index (χ3v) is 4.10. The Morgan fingerprint density at radius 2 is 1.72 bits per heavy atom. The Kier molecular flexibility index (Phi) is 4.63. The minimum atomic E-state index is -0.219. The highest BCUT2D eigenvalue weighted by Gasteiger charge is 2.38. The van der Waals surface area contributed by atoms with Gasteiger partial charge in [0.05, 0.1) is 13.2 Å². The molecule has 2 fully saturated rings. The molecule has 102 valence electrons. The first-order valence-corrected chi connectivity index (χ1v) is 7.20. The summed E-state index contributed by atoms with van der Waals surface area (Å²) in [5.41, 5.74) is 4.64.